The summed E-state index contributed by atoms with van der Waals surface area (Å²) in [6, 6.07) is 3.76. The Hall–Kier alpha value is -0.410. The van der Waals surface area contributed by atoms with Gasteiger partial charge in [-0.3, -0.25) is 0 Å². The van der Waals surface area contributed by atoms with E-state index in [0.29, 0.717) is 11.0 Å². The molecule has 0 amide bonds. The highest BCUT2D eigenvalue weighted by molar-refractivity contribution is 9.10. The SMILES string of the molecule is CCc1cc(CCCN)cc(Br)c1F. The van der Waals surface area contributed by atoms with Crippen molar-refractivity contribution in [1.29, 1.82) is 0 Å². The zero-order valence-corrected chi connectivity index (χ0v) is 9.90. The maximum absolute atomic E-state index is 13.4. The molecule has 0 saturated carbocycles. The molecule has 0 fully saturated rings. The molecule has 0 spiro atoms. The molecule has 0 heterocycles. The molecule has 1 rings (SSSR count). The lowest BCUT2D eigenvalue weighted by Gasteiger charge is -2.06. The highest BCUT2D eigenvalue weighted by atomic mass is 79.9. The summed E-state index contributed by atoms with van der Waals surface area (Å²) in [6.45, 7) is 2.63. The maximum atomic E-state index is 13.4. The number of hydrogen-bond acceptors (Lipinski definition) is 1. The van der Waals surface area contributed by atoms with E-state index in [9.17, 15) is 4.39 Å². The highest BCUT2D eigenvalue weighted by Crippen LogP contribution is 2.22. The van der Waals surface area contributed by atoms with Crippen LogP contribution in [0.3, 0.4) is 0 Å². The first-order chi connectivity index (χ1) is 6.69. The van der Waals surface area contributed by atoms with Crippen LogP contribution in [-0.4, -0.2) is 6.54 Å². The van der Waals surface area contributed by atoms with Gasteiger partial charge in [0.25, 0.3) is 0 Å². The minimum atomic E-state index is -0.135. The number of rotatable bonds is 4. The third kappa shape index (κ3) is 2.79. The van der Waals surface area contributed by atoms with Crippen LogP contribution in [0, 0.1) is 5.82 Å². The first-order valence-corrected chi connectivity index (χ1v) is 5.65. The summed E-state index contributed by atoms with van der Waals surface area (Å²) >= 11 is 3.22. The molecule has 0 bridgehead atoms. The van der Waals surface area contributed by atoms with Gasteiger partial charge in [0.05, 0.1) is 4.47 Å². The van der Waals surface area contributed by atoms with Crippen molar-refractivity contribution in [3.05, 3.63) is 33.5 Å². The van der Waals surface area contributed by atoms with E-state index in [2.05, 4.69) is 15.9 Å². The summed E-state index contributed by atoms with van der Waals surface area (Å²) in [6.07, 6.45) is 2.59. The zero-order valence-electron chi connectivity index (χ0n) is 8.32. The lowest BCUT2D eigenvalue weighted by Crippen LogP contribution is -2.01. The predicted molar refractivity (Wildman–Crippen MR) is 60.9 cm³/mol. The van der Waals surface area contributed by atoms with Crippen LogP contribution in [0.2, 0.25) is 0 Å². The minimum absolute atomic E-state index is 0.135. The Morgan fingerprint density at radius 3 is 2.71 bits per heavy atom. The average molecular weight is 260 g/mol. The molecule has 0 saturated heterocycles. The van der Waals surface area contributed by atoms with Crippen molar-refractivity contribution in [2.24, 2.45) is 5.73 Å². The van der Waals surface area contributed by atoms with Crippen LogP contribution in [-0.2, 0) is 12.8 Å². The number of benzene rings is 1. The molecule has 1 nitrogen and oxygen atoms in total. The summed E-state index contributed by atoms with van der Waals surface area (Å²) < 4.78 is 14.0. The second-order valence-electron chi connectivity index (χ2n) is 3.30. The van der Waals surface area contributed by atoms with Crippen molar-refractivity contribution in [3.8, 4) is 0 Å². The third-order valence-corrected chi connectivity index (χ3v) is 2.79. The maximum Gasteiger partial charge on any atom is 0.140 e. The van der Waals surface area contributed by atoms with Crippen LogP contribution in [0.4, 0.5) is 4.39 Å². The van der Waals surface area contributed by atoms with Crippen LogP contribution < -0.4 is 5.73 Å². The highest BCUT2D eigenvalue weighted by Gasteiger charge is 2.06. The van der Waals surface area contributed by atoms with Gasteiger partial charge in [-0.25, -0.2) is 4.39 Å². The van der Waals surface area contributed by atoms with Crippen LogP contribution >= 0.6 is 15.9 Å². The van der Waals surface area contributed by atoms with Crippen molar-refractivity contribution in [2.45, 2.75) is 26.2 Å². The van der Waals surface area contributed by atoms with Gasteiger partial charge in [-0.15, -0.1) is 0 Å². The molecule has 14 heavy (non-hydrogen) atoms. The molecule has 1 aromatic carbocycles. The van der Waals surface area contributed by atoms with Gasteiger partial charge in [-0.2, -0.15) is 0 Å². The molecule has 0 radical (unpaired) electrons. The fourth-order valence-corrected chi connectivity index (χ4v) is 1.96. The zero-order chi connectivity index (χ0) is 10.6. The number of nitrogens with two attached hydrogens (primary N) is 1. The molecule has 0 aromatic heterocycles. The molecular formula is C11H15BrFN. The van der Waals surface area contributed by atoms with Gasteiger partial charge in [0, 0.05) is 0 Å². The third-order valence-electron chi connectivity index (χ3n) is 2.21. The first kappa shape index (κ1) is 11.7. The lowest BCUT2D eigenvalue weighted by atomic mass is 10.0. The minimum Gasteiger partial charge on any atom is -0.330 e. The Kier molecular flexibility index (Phi) is 4.55. The Balaban J connectivity index is 2.91. The van der Waals surface area contributed by atoms with Crippen molar-refractivity contribution in [2.75, 3.05) is 6.54 Å². The molecule has 0 aliphatic carbocycles. The van der Waals surface area contributed by atoms with Gasteiger partial charge in [0.1, 0.15) is 5.82 Å². The number of aryl methyl sites for hydroxylation is 2. The van der Waals surface area contributed by atoms with E-state index in [1.165, 1.54) is 0 Å². The van der Waals surface area contributed by atoms with Gasteiger partial charge in [-0.1, -0.05) is 13.0 Å². The smallest absolute Gasteiger partial charge is 0.140 e. The predicted octanol–water partition coefficient (Wildman–Crippen LogP) is 3.04. The van der Waals surface area contributed by atoms with Crippen molar-refractivity contribution in [3.63, 3.8) is 0 Å². The fraction of sp³-hybridized carbons (Fsp3) is 0.455. The fourth-order valence-electron chi connectivity index (χ4n) is 1.42. The lowest BCUT2D eigenvalue weighted by molar-refractivity contribution is 0.604. The molecule has 2 N–H and O–H groups in total. The van der Waals surface area contributed by atoms with Crippen molar-refractivity contribution in [1.82, 2.24) is 0 Å². The molecule has 1 aromatic rings. The van der Waals surface area contributed by atoms with Gasteiger partial charge in [-0.05, 0) is 58.9 Å². The quantitative estimate of drug-likeness (QED) is 0.884. The van der Waals surface area contributed by atoms with Crippen LogP contribution in [0.15, 0.2) is 16.6 Å². The van der Waals surface area contributed by atoms with Gasteiger partial charge in [0.15, 0.2) is 0 Å². The van der Waals surface area contributed by atoms with E-state index in [1.54, 1.807) is 0 Å². The second kappa shape index (κ2) is 5.47. The molecule has 0 atom stereocenters. The molecule has 3 heteroatoms. The molecule has 0 unspecified atom stereocenters. The van der Waals surface area contributed by atoms with Gasteiger partial charge in [0.2, 0.25) is 0 Å². The Bertz CT molecular complexity index is 312. The van der Waals surface area contributed by atoms with E-state index >= 15 is 0 Å². The standard InChI is InChI=1S/C11H15BrFN/c1-2-9-6-8(4-3-5-14)7-10(12)11(9)13/h6-7H,2-5,14H2,1H3. The molecule has 0 aliphatic rings. The molecular weight excluding hydrogens is 245 g/mol. The van der Waals surface area contributed by atoms with Gasteiger partial charge >= 0.3 is 0 Å². The largest absolute Gasteiger partial charge is 0.330 e. The first-order valence-electron chi connectivity index (χ1n) is 4.86. The summed E-state index contributed by atoms with van der Waals surface area (Å²) in [7, 11) is 0. The van der Waals surface area contributed by atoms with E-state index in [-0.39, 0.29) is 5.82 Å². The summed E-state index contributed by atoms with van der Waals surface area (Å²) in [5.41, 5.74) is 7.35. The van der Waals surface area contributed by atoms with E-state index in [4.69, 9.17) is 5.73 Å². The average Bonchev–Trinajstić information content (AvgIpc) is 2.19. The number of halogens is 2. The Labute approximate surface area is 92.6 Å². The van der Waals surface area contributed by atoms with Crippen molar-refractivity contribution >= 4 is 15.9 Å². The van der Waals surface area contributed by atoms with Crippen LogP contribution in [0.5, 0.6) is 0 Å². The molecule has 0 aliphatic heterocycles. The number of hydrogen-bond donors (Lipinski definition) is 1. The van der Waals surface area contributed by atoms with Crippen LogP contribution in [0.25, 0.3) is 0 Å². The summed E-state index contributed by atoms with van der Waals surface area (Å²) in [5.74, 6) is -0.135. The molecule has 78 valence electrons. The summed E-state index contributed by atoms with van der Waals surface area (Å²) in [5, 5.41) is 0. The normalized spacial score (nSPS) is 10.6. The van der Waals surface area contributed by atoms with Gasteiger partial charge < -0.3 is 5.73 Å². The Morgan fingerprint density at radius 1 is 1.43 bits per heavy atom. The topological polar surface area (TPSA) is 26.0 Å². The van der Waals surface area contributed by atoms with E-state index in [0.717, 1.165) is 30.4 Å². The van der Waals surface area contributed by atoms with Crippen molar-refractivity contribution < 1.29 is 4.39 Å². The second-order valence-corrected chi connectivity index (χ2v) is 4.15. The van der Waals surface area contributed by atoms with Crippen LogP contribution in [0.1, 0.15) is 24.5 Å². The Morgan fingerprint density at radius 2 is 2.14 bits per heavy atom. The van der Waals surface area contributed by atoms with E-state index in [1.807, 2.05) is 19.1 Å². The summed E-state index contributed by atoms with van der Waals surface area (Å²) in [4.78, 5) is 0. The monoisotopic (exact) mass is 259 g/mol. The van der Waals surface area contributed by atoms with E-state index < -0.39 is 0 Å².